The van der Waals surface area contributed by atoms with Crippen molar-refractivity contribution in [1.82, 2.24) is 15.2 Å². The van der Waals surface area contributed by atoms with Gasteiger partial charge in [-0.05, 0) is 23.3 Å². The van der Waals surface area contributed by atoms with Gasteiger partial charge in [0, 0.05) is 50.7 Å². The number of nitrogens with one attached hydrogen (secondary N) is 1. The minimum absolute atomic E-state index is 0.965. The van der Waals surface area contributed by atoms with Crippen molar-refractivity contribution < 1.29 is 0 Å². The molecule has 19 heavy (non-hydrogen) atoms. The molecule has 3 nitrogen and oxygen atoms in total. The molecule has 0 atom stereocenters. The lowest BCUT2D eigenvalue weighted by Crippen LogP contribution is -2.42. The minimum atomic E-state index is 0.965. The predicted octanol–water partition coefficient (Wildman–Crippen LogP) is 1.95. The van der Waals surface area contributed by atoms with Crippen molar-refractivity contribution in [3.63, 3.8) is 0 Å². The van der Waals surface area contributed by atoms with Crippen LogP contribution in [-0.4, -0.2) is 36.1 Å². The fraction of sp³-hybridized carbons (Fsp3) is 0.312. The molecule has 3 heteroatoms. The Morgan fingerprint density at radius 3 is 2.89 bits per heavy atom. The van der Waals surface area contributed by atoms with E-state index in [1.54, 1.807) is 0 Å². The molecule has 97 valence electrons. The molecule has 0 unspecified atom stereocenters. The lowest BCUT2D eigenvalue weighted by molar-refractivity contribution is 0.233. The number of piperazine rings is 1. The van der Waals surface area contributed by atoms with E-state index in [0.717, 1.165) is 32.7 Å². The molecule has 0 bridgehead atoms. The largest absolute Gasteiger partial charge is 0.314 e. The Morgan fingerprint density at radius 2 is 2.11 bits per heavy atom. The summed E-state index contributed by atoms with van der Waals surface area (Å²) in [7, 11) is 0. The Kier molecular flexibility index (Phi) is 3.86. The Balaban J connectivity index is 1.85. The minimum Gasteiger partial charge on any atom is -0.314 e. The van der Waals surface area contributed by atoms with Crippen molar-refractivity contribution in [1.29, 1.82) is 0 Å². The van der Waals surface area contributed by atoms with Gasteiger partial charge >= 0.3 is 0 Å². The number of pyridine rings is 1. The third-order valence-electron chi connectivity index (χ3n) is 3.51. The molecule has 2 heterocycles. The third kappa shape index (κ3) is 3.00. The molecule has 1 fully saturated rings. The first-order chi connectivity index (χ1) is 9.43. The maximum Gasteiger partial charge on any atom is 0.0346 e. The summed E-state index contributed by atoms with van der Waals surface area (Å²) >= 11 is 0. The van der Waals surface area contributed by atoms with Crippen molar-refractivity contribution >= 4 is 0 Å². The molecule has 1 radical (unpaired) electrons. The fourth-order valence-corrected chi connectivity index (χ4v) is 2.49. The summed E-state index contributed by atoms with van der Waals surface area (Å²) < 4.78 is 0. The van der Waals surface area contributed by atoms with Crippen LogP contribution in [0, 0.1) is 6.07 Å². The molecular formula is C16H18N3. The average Bonchev–Trinajstić information content (AvgIpc) is 2.50. The van der Waals surface area contributed by atoms with Gasteiger partial charge in [-0.15, -0.1) is 0 Å². The molecule has 1 aromatic carbocycles. The summed E-state index contributed by atoms with van der Waals surface area (Å²) in [5, 5.41) is 3.38. The zero-order valence-electron chi connectivity index (χ0n) is 11.0. The van der Waals surface area contributed by atoms with Crippen LogP contribution in [0.15, 0.2) is 42.7 Å². The third-order valence-corrected chi connectivity index (χ3v) is 3.51. The van der Waals surface area contributed by atoms with Gasteiger partial charge in [-0.25, -0.2) is 0 Å². The first-order valence-electron chi connectivity index (χ1n) is 6.76. The van der Waals surface area contributed by atoms with E-state index >= 15 is 0 Å². The highest BCUT2D eigenvalue weighted by atomic mass is 15.2. The van der Waals surface area contributed by atoms with Crippen LogP contribution >= 0.6 is 0 Å². The topological polar surface area (TPSA) is 28.2 Å². The van der Waals surface area contributed by atoms with Crippen molar-refractivity contribution in [3.8, 4) is 11.1 Å². The van der Waals surface area contributed by atoms with Crippen LogP contribution in [0.1, 0.15) is 5.56 Å². The van der Waals surface area contributed by atoms with Gasteiger partial charge in [0.25, 0.3) is 0 Å². The molecule has 0 aliphatic carbocycles. The Bertz CT molecular complexity index is 519. The second kappa shape index (κ2) is 5.95. The van der Waals surface area contributed by atoms with Crippen LogP contribution in [0.5, 0.6) is 0 Å². The second-order valence-corrected chi connectivity index (χ2v) is 4.83. The van der Waals surface area contributed by atoms with Gasteiger partial charge in [-0.2, -0.15) is 0 Å². The molecule has 0 amide bonds. The molecule has 3 rings (SSSR count). The van der Waals surface area contributed by atoms with E-state index in [9.17, 15) is 0 Å². The van der Waals surface area contributed by atoms with Crippen LogP contribution in [0.3, 0.4) is 0 Å². The van der Waals surface area contributed by atoms with Gasteiger partial charge in [-0.3, -0.25) is 9.88 Å². The molecule has 1 aliphatic rings. The van der Waals surface area contributed by atoms with Crippen LogP contribution in [0.4, 0.5) is 0 Å². The SMILES string of the molecule is [c]1cccc(-c2cccnc2)c1CN1CCNCC1. The van der Waals surface area contributed by atoms with Crippen LogP contribution in [0.25, 0.3) is 11.1 Å². The molecule has 2 aromatic rings. The maximum atomic E-state index is 4.21. The fourth-order valence-electron chi connectivity index (χ4n) is 2.49. The summed E-state index contributed by atoms with van der Waals surface area (Å²) in [5.74, 6) is 0. The van der Waals surface area contributed by atoms with Crippen LogP contribution in [-0.2, 0) is 6.54 Å². The Labute approximate surface area is 114 Å². The predicted molar refractivity (Wildman–Crippen MR) is 76.7 cm³/mol. The summed E-state index contributed by atoms with van der Waals surface area (Å²) in [6.45, 7) is 5.33. The van der Waals surface area contributed by atoms with Gasteiger partial charge in [0.1, 0.15) is 0 Å². The van der Waals surface area contributed by atoms with Crippen molar-refractivity contribution in [2.75, 3.05) is 26.2 Å². The van der Waals surface area contributed by atoms with Gasteiger partial charge in [-0.1, -0.05) is 24.3 Å². The van der Waals surface area contributed by atoms with E-state index in [0.29, 0.717) is 0 Å². The van der Waals surface area contributed by atoms with E-state index < -0.39 is 0 Å². The van der Waals surface area contributed by atoms with E-state index in [2.05, 4.69) is 33.4 Å². The normalized spacial score (nSPS) is 16.4. The van der Waals surface area contributed by atoms with Gasteiger partial charge < -0.3 is 5.32 Å². The first kappa shape index (κ1) is 12.3. The Hall–Kier alpha value is -1.71. The molecule has 1 N–H and O–H groups in total. The molecule has 1 saturated heterocycles. The Morgan fingerprint density at radius 1 is 1.21 bits per heavy atom. The second-order valence-electron chi connectivity index (χ2n) is 4.83. The summed E-state index contributed by atoms with van der Waals surface area (Å²) in [6.07, 6.45) is 3.73. The summed E-state index contributed by atoms with van der Waals surface area (Å²) in [5.41, 5.74) is 3.68. The quantitative estimate of drug-likeness (QED) is 0.905. The zero-order chi connectivity index (χ0) is 12.9. The molecular weight excluding hydrogens is 234 g/mol. The van der Waals surface area contributed by atoms with E-state index in [-0.39, 0.29) is 0 Å². The number of benzene rings is 1. The number of nitrogens with zero attached hydrogens (tertiary/aromatic N) is 2. The average molecular weight is 252 g/mol. The van der Waals surface area contributed by atoms with E-state index in [1.807, 2.05) is 30.6 Å². The highest BCUT2D eigenvalue weighted by Gasteiger charge is 2.12. The first-order valence-corrected chi connectivity index (χ1v) is 6.76. The van der Waals surface area contributed by atoms with Crippen LogP contribution in [0.2, 0.25) is 0 Å². The van der Waals surface area contributed by atoms with Gasteiger partial charge in [0.15, 0.2) is 0 Å². The zero-order valence-corrected chi connectivity index (χ0v) is 11.0. The number of hydrogen-bond donors (Lipinski definition) is 1. The highest BCUT2D eigenvalue weighted by Crippen LogP contribution is 2.23. The molecule has 0 saturated carbocycles. The smallest absolute Gasteiger partial charge is 0.0346 e. The van der Waals surface area contributed by atoms with Crippen LogP contribution < -0.4 is 5.32 Å². The van der Waals surface area contributed by atoms with Gasteiger partial charge in [0.2, 0.25) is 0 Å². The molecule has 1 aromatic heterocycles. The molecule has 0 spiro atoms. The van der Waals surface area contributed by atoms with Gasteiger partial charge in [0.05, 0.1) is 0 Å². The summed E-state index contributed by atoms with van der Waals surface area (Å²) in [4.78, 5) is 6.69. The van der Waals surface area contributed by atoms with E-state index in [4.69, 9.17) is 0 Å². The standard InChI is InChI=1S/C16H18N3/c1-2-6-16(14-5-3-7-18-12-14)15(4-1)13-19-10-8-17-9-11-19/h1-3,5-7,12,17H,8-11,13H2. The summed E-state index contributed by atoms with van der Waals surface area (Å²) in [6, 6.07) is 13.7. The lowest BCUT2D eigenvalue weighted by atomic mass is 10.0. The van der Waals surface area contributed by atoms with Crippen molar-refractivity contribution in [2.45, 2.75) is 6.54 Å². The number of rotatable bonds is 3. The lowest BCUT2D eigenvalue weighted by Gasteiger charge is -2.27. The van der Waals surface area contributed by atoms with E-state index in [1.165, 1.54) is 16.7 Å². The molecule has 1 aliphatic heterocycles. The number of aromatic nitrogens is 1. The maximum absolute atomic E-state index is 4.21. The monoisotopic (exact) mass is 252 g/mol. The van der Waals surface area contributed by atoms with Crippen molar-refractivity contribution in [3.05, 3.63) is 54.4 Å². The highest BCUT2D eigenvalue weighted by molar-refractivity contribution is 5.66. The number of hydrogen-bond acceptors (Lipinski definition) is 3. The van der Waals surface area contributed by atoms with Crippen molar-refractivity contribution in [2.24, 2.45) is 0 Å².